The third kappa shape index (κ3) is 18.9. The Balaban J connectivity index is 0.000000377. The normalized spacial score (nSPS) is 11.8. The highest BCUT2D eigenvalue weighted by Gasteiger charge is 2.52. The van der Waals surface area contributed by atoms with Crippen molar-refractivity contribution in [2.75, 3.05) is 0 Å². The lowest BCUT2D eigenvalue weighted by molar-refractivity contribution is -0.255. The second-order valence-electron chi connectivity index (χ2n) is 23.0. The molecule has 0 aliphatic heterocycles. The predicted octanol–water partition coefficient (Wildman–Crippen LogP) is 20.0. The first kappa shape index (κ1) is 75.2. The van der Waals surface area contributed by atoms with Crippen molar-refractivity contribution in [3.05, 3.63) is 146 Å². The Kier molecular flexibility index (Phi) is 32.3. The molecule has 0 saturated heterocycles. The van der Waals surface area contributed by atoms with Gasteiger partial charge in [-0.25, -0.2) is 87.8 Å². The van der Waals surface area contributed by atoms with Gasteiger partial charge >= 0.3 is 0 Å². The molecule has 88 heavy (non-hydrogen) atoms. The summed E-state index contributed by atoms with van der Waals surface area (Å²) in [6.07, 6.45) is 41.4. The third-order valence-electron chi connectivity index (χ3n) is 16.7. The molecule has 22 heteroatoms. The largest absolute Gasteiger partial charge is 0.325 e. The van der Waals surface area contributed by atoms with Gasteiger partial charge in [-0.1, -0.05) is 219 Å². The van der Waals surface area contributed by atoms with Gasteiger partial charge in [0.25, 0.3) is 0 Å². The number of benzene rings is 5. The van der Waals surface area contributed by atoms with E-state index < -0.39 is 144 Å². The Morgan fingerprint density at radius 3 is 0.636 bits per heavy atom. The number of quaternary nitrogens is 1. The quantitative estimate of drug-likeness (QED) is 0.0134. The number of hydrogen-bond acceptors (Lipinski definition) is 0. The van der Waals surface area contributed by atoms with Gasteiger partial charge in [-0.15, -0.1) is 21.9 Å². The van der Waals surface area contributed by atoms with Crippen LogP contribution in [0.4, 0.5) is 93.5 Å². The summed E-state index contributed by atoms with van der Waals surface area (Å²) in [5, 5.41) is 0. The number of rotatable bonds is 38. The van der Waals surface area contributed by atoms with Gasteiger partial charge in [-0.3, -0.25) is 0 Å². The number of halogens is 20. The first-order chi connectivity index (χ1) is 42.0. The van der Waals surface area contributed by atoms with Gasteiger partial charge in [0.1, 0.15) is 58.4 Å². The van der Waals surface area contributed by atoms with Crippen molar-refractivity contribution >= 4 is 33.7 Å². The van der Waals surface area contributed by atoms with Gasteiger partial charge < -0.3 is 5.73 Å². The van der Waals surface area contributed by atoms with Crippen molar-refractivity contribution < 1.29 is 93.5 Å². The second kappa shape index (κ2) is 37.8. The topological polar surface area (TPSA) is 27.6 Å². The smallest absolute Gasteiger partial charge is 0.200 e. The van der Waals surface area contributed by atoms with Crippen LogP contribution in [0.5, 0.6) is 0 Å². The molecular weight excluding hydrogens is 1200 g/mol. The van der Waals surface area contributed by atoms with Gasteiger partial charge in [0.05, 0.1) is 0 Å². The molecule has 0 unspecified atom stereocenters. The second-order valence-corrected chi connectivity index (χ2v) is 23.0. The van der Waals surface area contributed by atoms with Crippen molar-refractivity contribution in [2.45, 2.75) is 232 Å². The number of unbranched alkanes of at least 4 members (excludes halogenated alkanes) is 30. The molecule has 0 fully saturated rings. The molecular formula is C66H80BF20N. The summed E-state index contributed by atoms with van der Waals surface area (Å²) in [6.45, 7) is 4.61. The molecule has 5 aromatic rings. The van der Waals surface area contributed by atoms with Gasteiger partial charge in [0.2, 0.25) is 0 Å². The molecule has 492 valence electrons. The van der Waals surface area contributed by atoms with Crippen LogP contribution in [0.2, 0.25) is 0 Å². The summed E-state index contributed by atoms with van der Waals surface area (Å²) < 4.78 is 294. The molecule has 0 atom stereocenters. The van der Waals surface area contributed by atoms with E-state index in [1.54, 1.807) is 11.1 Å². The van der Waals surface area contributed by atoms with Gasteiger partial charge in [-0.05, 0) is 37.3 Å². The minimum Gasteiger partial charge on any atom is -0.325 e. The van der Waals surface area contributed by atoms with Crippen molar-refractivity contribution in [3.8, 4) is 0 Å². The molecule has 0 aliphatic rings. The molecule has 0 saturated carbocycles. The number of aryl methyl sites for hydroxylation is 1. The monoisotopic (exact) mass is 1280 g/mol. The van der Waals surface area contributed by atoms with Crippen LogP contribution in [0.15, 0.2) is 18.2 Å². The Labute approximate surface area is 503 Å². The van der Waals surface area contributed by atoms with E-state index in [0.29, 0.717) is 0 Å². The minimum absolute atomic E-state index is 1.24. The van der Waals surface area contributed by atoms with E-state index in [1.165, 1.54) is 224 Å². The van der Waals surface area contributed by atoms with E-state index in [-0.39, 0.29) is 0 Å². The Bertz CT molecular complexity index is 2620. The van der Waals surface area contributed by atoms with Crippen molar-refractivity contribution in [3.63, 3.8) is 0 Å². The lowest BCUT2D eigenvalue weighted by atomic mass is 9.12. The van der Waals surface area contributed by atoms with Crippen LogP contribution in [-0.4, -0.2) is 6.15 Å². The molecule has 0 spiro atoms. The maximum Gasteiger partial charge on any atom is 0.200 e. The molecule has 0 bridgehead atoms. The lowest BCUT2D eigenvalue weighted by Crippen LogP contribution is -2.81. The van der Waals surface area contributed by atoms with E-state index in [1.807, 2.05) is 0 Å². The summed E-state index contributed by atoms with van der Waals surface area (Å²) in [6, 6.07) is 6.86. The van der Waals surface area contributed by atoms with Crippen LogP contribution in [0.25, 0.3) is 0 Å². The Morgan fingerprint density at radius 2 is 0.420 bits per heavy atom. The predicted molar refractivity (Wildman–Crippen MR) is 305 cm³/mol. The first-order valence-electron chi connectivity index (χ1n) is 31.2. The van der Waals surface area contributed by atoms with Crippen LogP contribution in [0.3, 0.4) is 0 Å². The highest BCUT2D eigenvalue weighted by molar-refractivity contribution is 7.20. The average Bonchev–Trinajstić information content (AvgIpc) is 0.685. The van der Waals surface area contributed by atoms with E-state index in [0.717, 1.165) is 0 Å². The molecule has 5 rings (SSSR count). The van der Waals surface area contributed by atoms with Gasteiger partial charge in [-0.2, -0.15) is 0 Å². The van der Waals surface area contributed by atoms with Crippen molar-refractivity contribution in [1.29, 1.82) is 0 Å². The highest BCUT2D eigenvalue weighted by Crippen LogP contribution is 2.32. The van der Waals surface area contributed by atoms with Crippen LogP contribution in [0.1, 0.15) is 230 Å². The summed E-state index contributed by atoms with van der Waals surface area (Å²) in [5.41, 5.74) is -5.47. The fourth-order valence-corrected chi connectivity index (χ4v) is 11.8. The molecule has 0 heterocycles. The lowest BCUT2D eigenvalue weighted by Gasteiger charge is -2.44. The van der Waals surface area contributed by atoms with Crippen LogP contribution >= 0.6 is 0 Å². The summed E-state index contributed by atoms with van der Waals surface area (Å²) >= 11 is 0. The van der Waals surface area contributed by atoms with Gasteiger partial charge in [0.15, 0.2) is 69.8 Å². The third-order valence-corrected chi connectivity index (χ3v) is 16.7. The van der Waals surface area contributed by atoms with E-state index in [4.69, 9.17) is 0 Å². The fourth-order valence-electron chi connectivity index (χ4n) is 11.8. The molecule has 3 N–H and O–H groups in total. The molecule has 5 aromatic carbocycles. The SMILES string of the molecule is CCCCCCCCCCCCCCCCCCc1cccc([NH3+])c1CCCCCCCCCCCCCCCCCC.Fc1c(F)c(F)c([B-](c2c(F)c(F)c(F)c(F)c2F)(c2c(F)c(F)c(F)c(F)c2F)c2c(F)c(F)c(F)c(F)c2F)c(F)c1F. The minimum atomic E-state index is -7.22. The molecule has 0 aromatic heterocycles. The molecule has 0 aliphatic carbocycles. The maximum atomic E-state index is 15.4. The first-order valence-corrected chi connectivity index (χ1v) is 31.2. The Hall–Kier alpha value is -5.28. The zero-order valence-electron chi connectivity index (χ0n) is 50.1. The highest BCUT2D eigenvalue weighted by atomic mass is 19.2. The summed E-state index contributed by atoms with van der Waals surface area (Å²) in [5.74, 6) is -71.4. The van der Waals surface area contributed by atoms with Gasteiger partial charge in [0, 0.05) is 5.56 Å². The van der Waals surface area contributed by atoms with Crippen LogP contribution < -0.4 is 27.6 Å². The molecule has 1 nitrogen and oxygen atoms in total. The zero-order chi connectivity index (χ0) is 65.3. The fraction of sp³-hybridized carbons (Fsp3) is 0.545. The van der Waals surface area contributed by atoms with Crippen molar-refractivity contribution in [1.82, 2.24) is 0 Å². The number of hydrogen-bond donors (Lipinski definition) is 1. The molecule has 0 amide bonds. The maximum absolute atomic E-state index is 15.4. The van der Waals surface area contributed by atoms with Crippen molar-refractivity contribution in [2.24, 2.45) is 0 Å². The Morgan fingerprint density at radius 1 is 0.239 bits per heavy atom. The van der Waals surface area contributed by atoms with E-state index in [9.17, 15) is 52.7 Å². The zero-order valence-corrected chi connectivity index (χ0v) is 50.1. The van der Waals surface area contributed by atoms with Crippen LogP contribution in [-0.2, 0) is 12.8 Å². The van der Waals surface area contributed by atoms with E-state index >= 15 is 35.1 Å². The van der Waals surface area contributed by atoms with E-state index in [2.05, 4.69) is 37.8 Å². The average molecular weight is 1280 g/mol. The summed E-state index contributed by atoms with van der Waals surface area (Å²) in [4.78, 5) is 0. The standard InChI is InChI=1S/C42H79N.C24BF20/c1-3-5-7-9-11-13-15-17-19-21-23-25-27-29-31-33-36-40-37-35-39-42(43)41(40)38-34-32-30-28-26-24-22-20-18-16-14-12-10-8-6-4-2;26-5-1(6(27)14(35)21(42)13(5)34)25(2-7(28)15(36)22(43)16(37)8(2)29,3-9(30)17(38)23(44)18(39)10(3)31)4-11(32)19(40)24(45)20(41)12(4)33/h35,37,39H,3-34,36,38,43H2,1-2H3;/q;-1/p+1. The van der Waals surface area contributed by atoms with Crippen LogP contribution in [0, 0.1) is 116 Å². The summed E-state index contributed by atoms with van der Waals surface area (Å²) in [7, 11) is 0. The molecule has 0 radical (unpaired) electrons.